The molecular formula is C13H9BrFNO3. The van der Waals surface area contributed by atoms with Gasteiger partial charge in [0.1, 0.15) is 0 Å². The van der Waals surface area contributed by atoms with E-state index in [2.05, 4.69) is 15.9 Å². The number of nitrogens with zero attached hydrogens (tertiary/aromatic N) is 1. The fourth-order valence-corrected chi connectivity index (χ4v) is 2.02. The predicted octanol–water partition coefficient (Wildman–Crippen LogP) is 4.42. The van der Waals surface area contributed by atoms with Crippen LogP contribution in [0.4, 0.5) is 10.1 Å². The van der Waals surface area contributed by atoms with Crippen LogP contribution in [-0.4, -0.2) is 4.92 Å². The molecule has 0 heterocycles. The van der Waals surface area contributed by atoms with Crippen molar-refractivity contribution in [2.24, 2.45) is 0 Å². The third-order valence-electron chi connectivity index (χ3n) is 2.47. The number of benzene rings is 2. The summed E-state index contributed by atoms with van der Waals surface area (Å²) in [6, 6.07) is 10.3. The monoisotopic (exact) mass is 325 g/mol. The van der Waals surface area contributed by atoms with Crippen LogP contribution in [0.1, 0.15) is 5.56 Å². The number of hydrogen-bond acceptors (Lipinski definition) is 3. The van der Waals surface area contributed by atoms with E-state index >= 15 is 0 Å². The van der Waals surface area contributed by atoms with Gasteiger partial charge in [0, 0.05) is 17.0 Å². The summed E-state index contributed by atoms with van der Waals surface area (Å²) in [5.41, 5.74) is 0.379. The average molecular weight is 326 g/mol. The van der Waals surface area contributed by atoms with Gasteiger partial charge in [-0.25, -0.2) is 4.39 Å². The third kappa shape index (κ3) is 2.90. The molecular weight excluding hydrogens is 317 g/mol. The van der Waals surface area contributed by atoms with Crippen molar-refractivity contribution in [3.63, 3.8) is 0 Å². The fourth-order valence-electron chi connectivity index (χ4n) is 1.58. The predicted molar refractivity (Wildman–Crippen MR) is 72.2 cm³/mol. The van der Waals surface area contributed by atoms with Crippen LogP contribution in [0.2, 0.25) is 0 Å². The SMILES string of the molecule is O=[N+]([O-])c1ccccc1Oc1c(F)cccc1CBr. The molecule has 0 fully saturated rings. The van der Waals surface area contributed by atoms with Crippen molar-refractivity contribution in [2.75, 3.05) is 0 Å². The molecule has 0 N–H and O–H groups in total. The van der Waals surface area contributed by atoms with Gasteiger partial charge in [-0.2, -0.15) is 0 Å². The Kier molecular flexibility index (Phi) is 4.11. The van der Waals surface area contributed by atoms with E-state index in [0.717, 1.165) is 0 Å². The van der Waals surface area contributed by atoms with Crippen LogP contribution in [0.3, 0.4) is 0 Å². The molecule has 4 nitrogen and oxygen atoms in total. The van der Waals surface area contributed by atoms with Crippen molar-refractivity contribution in [3.05, 3.63) is 64.0 Å². The minimum Gasteiger partial charge on any atom is -0.447 e. The molecule has 0 radical (unpaired) electrons. The van der Waals surface area contributed by atoms with Crippen molar-refractivity contribution >= 4 is 21.6 Å². The molecule has 0 spiro atoms. The number of hydrogen-bond donors (Lipinski definition) is 0. The summed E-state index contributed by atoms with van der Waals surface area (Å²) < 4.78 is 19.1. The molecule has 0 aliphatic rings. The van der Waals surface area contributed by atoms with Crippen LogP contribution in [0.25, 0.3) is 0 Å². The summed E-state index contributed by atoms with van der Waals surface area (Å²) in [7, 11) is 0. The summed E-state index contributed by atoms with van der Waals surface area (Å²) in [5.74, 6) is -0.552. The largest absolute Gasteiger partial charge is 0.447 e. The first-order valence-corrected chi connectivity index (χ1v) is 6.50. The summed E-state index contributed by atoms with van der Waals surface area (Å²) >= 11 is 3.22. The van der Waals surface area contributed by atoms with Gasteiger partial charge in [0.15, 0.2) is 11.6 Å². The van der Waals surface area contributed by atoms with Crippen LogP contribution in [0.15, 0.2) is 42.5 Å². The lowest BCUT2D eigenvalue weighted by Crippen LogP contribution is -1.97. The minimum absolute atomic E-state index is 0.00586. The lowest BCUT2D eigenvalue weighted by atomic mass is 10.2. The van der Waals surface area contributed by atoms with E-state index in [1.54, 1.807) is 18.2 Å². The average Bonchev–Trinajstić information content (AvgIpc) is 2.41. The first kappa shape index (κ1) is 13.5. The molecule has 0 atom stereocenters. The molecule has 2 rings (SSSR count). The first-order chi connectivity index (χ1) is 9.13. The van der Waals surface area contributed by atoms with Gasteiger partial charge >= 0.3 is 5.69 Å². The zero-order valence-electron chi connectivity index (χ0n) is 9.68. The Morgan fingerprint density at radius 3 is 2.63 bits per heavy atom. The highest BCUT2D eigenvalue weighted by molar-refractivity contribution is 9.08. The van der Waals surface area contributed by atoms with Gasteiger partial charge < -0.3 is 4.74 Å². The number of nitro groups is 1. The van der Waals surface area contributed by atoms with Gasteiger partial charge in [-0.15, -0.1) is 0 Å². The van der Waals surface area contributed by atoms with Crippen LogP contribution < -0.4 is 4.74 Å². The maximum absolute atomic E-state index is 13.7. The highest BCUT2D eigenvalue weighted by atomic mass is 79.9. The Labute approximate surface area is 117 Å². The minimum atomic E-state index is -0.565. The molecule has 0 aliphatic heterocycles. The molecule has 0 amide bonds. The Balaban J connectivity index is 2.45. The quantitative estimate of drug-likeness (QED) is 0.475. The Morgan fingerprint density at radius 2 is 1.95 bits per heavy atom. The maximum Gasteiger partial charge on any atom is 0.311 e. The van der Waals surface area contributed by atoms with Crippen LogP contribution in [0, 0.1) is 15.9 Å². The number of alkyl halides is 1. The molecule has 2 aromatic rings. The van der Waals surface area contributed by atoms with Gasteiger partial charge in [-0.1, -0.05) is 40.2 Å². The van der Waals surface area contributed by atoms with Crippen molar-refractivity contribution in [1.82, 2.24) is 0 Å². The van der Waals surface area contributed by atoms with Gasteiger partial charge in [0.05, 0.1) is 4.92 Å². The number of halogens is 2. The van der Waals surface area contributed by atoms with E-state index in [4.69, 9.17) is 4.74 Å². The molecule has 6 heteroatoms. The second kappa shape index (κ2) is 5.79. The second-order valence-electron chi connectivity index (χ2n) is 3.69. The molecule has 0 bridgehead atoms. The lowest BCUT2D eigenvalue weighted by Gasteiger charge is -2.10. The molecule has 19 heavy (non-hydrogen) atoms. The van der Waals surface area contributed by atoms with E-state index in [9.17, 15) is 14.5 Å². The Bertz CT molecular complexity index is 619. The molecule has 0 unspecified atom stereocenters. The zero-order chi connectivity index (χ0) is 13.8. The van der Waals surface area contributed by atoms with E-state index in [1.807, 2.05) is 0 Å². The van der Waals surface area contributed by atoms with E-state index in [-0.39, 0.29) is 17.2 Å². The number of ether oxygens (including phenoxy) is 1. The second-order valence-corrected chi connectivity index (χ2v) is 4.25. The van der Waals surface area contributed by atoms with Crippen molar-refractivity contribution in [1.29, 1.82) is 0 Å². The Morgan fingerprint density at radius 1 is 1.21 bits per heavy atom. The number of para-hydroxylation sites is 3. The lowest BCUT2D eigenvalue weighted by molar-refractivity contribution is -0.385. The smallest absolute Gasteiger partial charge is 0.311 e. The molecule has 2 aromatic carbocycles. The van der Waals surface area contributed by atoms with Gasteiger partial charge in [0.2, 0.25) is 5.75 Å². The van der Waals surface area contributed by atoms with E-state index in [0.29, 0.717) is 10.9 Å². The van der Waals surface area contributed by atoms with Crippen LogP contribution in [-0.2, 0) is 5.33 Å². The zero-order valence-corrected chi connectivity index (χ0v) is 11.3. The van der Waals surface area contributed by atoms with Gasteiger partial charge in [-0.3, -0.25) is 10.1 Å². The fraction of sp³-hybridized carbons (Fsp3) is 0.0769. The van der Waals surface area contributed by atoms with Crippen molar-refractivity contribution < 1.29 is 14.1 Å². The normalized spacial score (nSPS) is 10.2. The number of nitro benzene ring substituents is 1. The summed E-state index contributed by atoms with van der Waals surface area (Å²) in [4.78, 5) is 10.3. The molecule has 0 saturated carbocycles. The third-order valence-corrected chi connectivity index (χ3v) is 3.07. The standard InChI is InChI=1S/C13H9BrFNO3/c14-8-9-4-3-5-10(15)13(9)19-12-7-2-1-6-11(12)16(17)18/h1-7H,8H2. The van der Waals surface area contributed by atoms with Crippen LogP contribution in [0.5, 0.6) is 11.5 Å². The topological polar surface area (TPSA) is 52.4 Å². The van der Waals surface area contributed by atoms with E-state index in [1.165, 1.54) is 24.3 Å². The summed E-state index contributed by atoms with van der Waals surface area (Å²) in [6.07, 6.45) is 0. The highest BCUT2D eigenvalue weighted by Crippen LogP contribution is 2.34. The highest BCUT2D eigenvalue weighted by Gasteiger charge is 2.17. The maximum atomic E-state index is 13.7. The van der Waals surface area contributed by atoms with Crippen LogP contribution >= 0.6 is 15.9 Å². The van der Waals surface area contributed by atoms with Crippen molar-refractivity contribution in [3.8, 4) is 11.5 Å². The van der Waals surface area contributed by atoms with Gasteiger partial charge in [-0.05, 0) is 12.1 Å². The Hall–Kier alpha value is -1.95. The summed E-state index contributed by atoms with van der Waals surface area (Å²) in [5, 5.41) is 11.3. The molecule has 0 aliphatic carbocycles. The van der Waals surface area contributed by atoms with E-state index < -0.39 is 10.7 Å². The molecule has 0 saturated heterocycles. The molecule has 98 valence electrons. The van der Waals surface area contributed by atoms with Gasteiger partial charge in [0.25, 0.3) is 0 Å². The molecule has 0 aromatic heterocycles. The number of rotatable bonds is 4. The summed E-state index contributed by atoms with van der Waals surface area (Å²) in [6.45, 7) is 0. The first-order valence-electron chi connectivity index (χ1n) is 5.38. The van der Waals surface area contributed by atoms with Crippen molar-refractivity contribution in [2.45, 2.75) is 5.33 Å².